The van der Waals surface area contributed by atoms with Gasteiger partial charge in [-0.05, 0) is 38.1 Å². The first-order valence-corrected chi connectivity index (χ1v) is 6.20. The van der Waals surface area contributed by atoms with Crippen LogP contribution in [-0.4, -0.2) is 21.9 Å². The van der Waals surface area contributed by atoms with Crippen LogP contribution in [0, 0.1) is 5.82 Å². The van der Waals surface area contributed by atoms with Crippen molar-refractivity contribution in [2.24, 2.45) is 0 Å². The van der Waals surface area contributed by atoms with Gasteiger partial charge in [-0.3, -0.25) is 4.79 Å². The van der Waals surface area contributed by atoms with Gasteiger partial charge in [0, 0.05) is 17.8 Å². The molecule has 0 fully saturated rings. The van der Waals surface area contributed by atoms with E-state index in [1.54, 1.807) is 18.2 Å². The summed E-state index contributed by atoms with van der Waals surface area (Å²) in [7, 11) is 0. The highest BCUT2D eigenvalue weighted by Crippen LogP contribution is 2.14. The van der Waals surface area contributed by atoms with Crippen LogP contribution >= 0.6 is 0 Å². The molecular weight excluding hydrogens is 259 g/mol. The molecule has 2 aromatic rings. The Morgan fingerprint density at radius 1 is 1.20 bits per heavy atom. The summed E-state index contributed by atoms with van der Waals surface area (Å²) in [6.07, 6.45) is 1.31. The van der Waals surface area contributed by atoms with Gasteiger partial charge in [0.25, 0.3) is 5.91 Å². The molecule has 0 aliphatic carbocycles. The van der Waals surface area contributed by atoms with Crippen LogP contribution in [0.15, 0.2) is 36.7 Å². The van der Waals surface area contributed by atoms with Gasteiger partial charge in [-0.2, -0.15) is 0 Å². The Balaban J connectivity index is 2.13. The number of carbonyl (C=O) groups excluding carboxylic acids is 1. The fourth-order valence-corrected chi connectivity index (χ4v) is 1.57. The molecule has 0 unspecified atom stereocenters. The van der Waals surface area contributed by atoms with Crippen LogP contribution in [0.4, 0.5) is 15.9 Å². The second kappa shape index (κ2) is 6.10. The van der Waals surface area contributed by atoms with Crippen LogP contribution in [-0.2, 0) is 0 Å². The lowest BCUT2D eigenvalue weighted by atomic mass is 10.3. The standard InChI is InChI=1S/C14H15FN4O/c1-9(2)18-14(20)12-7-13(17-8-16-12)19-11-5-3-10(15)4-6-11/h3-9H,1-2H3,(H,18,20)(H,16,17,19). The summed E-state index contributed by atoms with van der Waals surface area (Å²) in [5.41, 5.74) is 0.957. The van der Waals surface area contributed by atoms with Gasteiger partial charge in [-0.1, -0.05) is 0 Å². The average molecular weight is 274 g/mol. The van der Waals surface area contributed by atoms with Gasteiger partial charge < -0.3 is 10.6 Å². The maximum atomic E-state index is 12.8. The van der Waals surface area contributed by atoms with Crippen LogP contribution in [0.5, 0.6) is 0 Å². The van der Waals surface area contributed by atoms with Crippen molar-refractivity contribution in [3.05, 3.63) is 48.2 Å². The Bertz CT molecular complexity index is 598. The summed E-state index contributed by atoms with van der Waals surface area (Å²) >= 11 is 0. The van der Waals surface area contributed by atoms with E-state index in [0.29, 0.717) is 11.5 Å². The maximum Gasteiger partial charge on any atom is 0.270 e. The summed E-state index contributed by atoms with van der Waals surface area (Å²) in [6.45, 7) is 3.74. The third-order valence-corrected chi connectivity index (χ3v) is 2.44. The molecule has 1 heterocycles. The highest BCUT2D eigenvalue weighted by molar-refractivity contribution is 5.93. The smallest absolute Gasteiger partial charge is 0.270 e. The zero-order valence-corrected chi connectivity index (χ0v) is 11.2. The lowest BCUT2D eigenvalue weighted by molar-refractivity contribution is 0.0938. The van der Waals surface area contributed by atoms with Crippen molar-refractivity contribution in [2.75, 3.05) is 5.32 Å². The molecule has 2 N–H and O–H groups in total. The summed E-state index contributed by atoms with van der Waals surface area (Å²) < 4.78 is 12.8. The predicted molar refractivity (Wildman–Crippen MR) is 74.3 cm³/mol. The number of carbonyl (C=O) groups is 1. The summed E-state index contributed by atoms with van der Waals surface area (Å²) in [6, 6.07) is 7.44. The van der Waals surface area contributed by atoms with Crippen LogP contribution in [0.2, 0.25) is 0 Å². The lowest BCUT2D eigenvalue weighted by Gasteiger charge is -2.09. The van der Waals surface area contributed by atoms with E-state index in [1.807, 2.05) is 13.8 Å². The van der Waals surface area contributed by atoms with E-state index in [9.17, 15) is 9.18 Å². The van der Waals surface area contributed by atoms with E-state index in [-0.39, 0.29) is 23.5 Å². The minimum Gasteiger partial charge on any atom is -0.349 e. The molecule has 0 aliphatic rings. The van der Waals surface area contributed by atoms with E-state index >= 15 is 0 Å². The van der Waals surface area contributed by atoms with Crippen molar-refractivity contribution in [3.8, 4) is 0 Å². The summed E-state index contributed by atoms with van der Waals surface area (Å²) in [5, 5.41) is 5.73. The van der Waals surface area contributed by atoms with Crippen LogP contribution in [0.1, 0.15) is 24.3 Å². The van der Waals surface area contributed by atoms with Gasteiger partial charge in [0.1, 0.15) is 23.7 Å². The van der Waals surface area contributed by atoms with Crippen LogP contribution < -0.4 is 10.6 Å². The highest BCUT2D eigenvalue weighted by atomic mass is 19.1. The van der Waals surface area contributed by atoms with Crippen molar-refractivity contribution < 1.29 is 9.18 Å². The molecule has 0 aliphatic heterocycles. The topological polar surface area (TPSA) is 66.9 Å². The van der Waals surface area contributed by atoms with E-state index in [2.05, 4.69) is 20.6 Å². The van der Waals surface area contributed by atoms with Gasteiger partial charge >= 0.3 is 0 Å². The van der Waals surface area contributed by atoms with Gasteiger partial charge in [-0.15, -0.1) is 0 Å². The monoisotopic (exact) mass is 274 g/mol. The Hall–Kier alpha value is -2.50. The van der Waals surface area contributed by atoms with Crippen LogP contribution in [0.3, 0.4) is 0 Å². The zero-order chi connectivity index (χ0) is 14.5. The van der Waals surface area contributed by atoms with Gasteiger partial charge in [-0.25, -0.2) is 14.4 Å². The Labute approximate surface area is 116 Å². The van der Waals surface area contributed by atoms with Crippen molar-refractivity contribution >= 4 is 17.4 Å². The molecule has 20 heavy (non-hydrogen) atoms. The number of nitrogens with zero attached hydrogens (tertiary/aromatic N) is 2. The minimum atomic E-state index is -0.310. The molecule has 2 rings (SSSR count). The van der Waals surface area contributed by atoms with Crippen molar-refractivity contribution in [1.29, 1.82) is 0 Å². The van der Waals surface area contributed by atoms with E-state index in [4.69, 9.17) is 0 Å². The third kappa shape index (κ3) is 3.74. The first-order valence-electron chi connectivity index (χ1n) is 6.20. The molecule has 104 valence electrons. The number of anilines is 2. The number of rotatable bonds is 4. The van der Waals surface area contributed by atoms with Gasteiger partial charge in [0.05, 0.1) is 0 Å². The summed E-state index contributed by atoms with van der Waals surface area (Å²) in [4.78, 5) is 19.8. The zero-order valence-electron chi connectivity index (χ0n) is 11.2. The Morgan fingerprint density at radius 3 is 2.55 bits per heavy atom. The number of nitrogens with one attached hydrogen (secondary N) is 2. The normalized spacial score (nSPS) is 10.4. The number of benzene rings is 1. The molecule has 5 nitrogen and oxygen atoms in total. The number of halogens is 1. The highest BCUT2D eigenvalue weighted by Gasteiger charge is 2.09. The number of aromatic nitrogens is 2. The van der Waals surface area contributed by atoms with Gasteiger partial charge in [0.15, 0.2) is 0 Å². The molecule has 0 saturated carbocycles. The quantitative estimate of drug-likeness (QED) is 0.899. The average Bonchev–Trinajstić information content (AvgIpc) is 2.41. The second-order valence-electron chi connectivity index (χ2n) is 4.55. The molecule has 0 spiro atoms. The number of hydrogen-bond donors (Lipinski definition) is 2. The van der Waals surface area contributed by atoms with E-state index < -0.39 is 0 Å². The Kier molecular flexibility index (Phi) is 4.24. The van der Waals surface area contributed by atoms with Crippen molar-refractivity contribution in [1.82, 2.24) is 15.3 Å². The van der Waals surface area contributed by atoms with Crippen molar-refractivity contribution in [3.63, 3.8) is 0 Å². The Morgan fingerprint density at radius 2 is 1.90 bits per heavy atom. The molecule has 0 radical (unpaired) electrons. The maximum absolute atomic E-state index is 12.8. The lowest BCUT2D eigenvalue weighted by Crippen LogP contribution is -2.30. The molecule has 6 heteroatoms. The third-order valence-electron chi connectivity index (χ3n) is 2.44. The molecule has 0 bridgehead atoms. The van der Waals surface area contributed by atoms with Crippen molar-refractivity contribution in [2.45, 2.75) is 19.9 Å². The first-order chi connectivity index (χ1) is 9.54. The minimum absolute atomic E-state index is 0.0333. The molecule has 1 aromatic heterocycles. The molecule has 1 amide bonds. The van der Waals surface area contributed by atoms with Crippen LogP contribution in [0.25, 0.3) is 0 Å². The first kappa shape index (κ1) is 13.9. The SMILES string of the molecule is CC(C)NC(=O)c1cc(Nc2ccc(F)cc2)ncn1. The fraction of sp³-hybridized carbons (Fsp3) is 0.214. The molecule has 0 atom stereocenters. The largest absolute Gasteiger partial charge is 0.349 e. The molecule has 0 saturated heterocycles. The van der Waals surface area contributed by atoms with E-state index in [0.717, 1.165) is 0 Å². The predicted octanol–water partition coefficient (Wildman–Crippen LogP) is 2.50. The number of hydrogen-bond acceptors (Lipinski definition) is 4. The second-order valence-corrected chi connectivity index (χ2v) is 4.55. The summed E-state index contributed by atoms with van der Waals surface area (Å²) in [5.74, 6) is -0.0969. The van der Waals surface area contributed by atoms with Gasteiger partial charge in [0.2, 0.25) is 0 Å². The van der Waals surface area contributed by atoms with E-state index in [1.165, 1.54) is 18.5 Å². The fourth-order valence-electron chi connectivity index (χ4n) is 1.57. The number of amides is 1. The molecular formula is C14H15FN4O. The molecule has 1 aromatic carbocycles.